The third-order valence-corrected chi connectivity index (χ3v) is 4.14. The van der Waals surface area contributed by atoms with E-state index >= 15 is 0 Å². The van der Waals surface area contributed by atoms with Gasteiger partial charge in [0.05, 0.1) is 6.04 Å². The fraction of sp³-hybridized carbons (Fsp3) is 0.533. The van der Waals surface area contributed by atoms with Crippen LogP contribution < -0.4 is 10.6 Å². The van der Waals surface area contributed by atoms with E-state index in [-0.39, 0.29) is 23.4 Å². The second-order valence-corrected chi connectivity index (χ2v) is 6.38. The highest BCUT2D eigenvalue weighted by atomic mass is 35.5. The van der Waals surface area contributed by atoms with E-state index in [0.717, 1.165) is 11.4 Å². The Labute approximate surface area is 119 Å². The van der Waals surface area contributed by atoms with E-state index in [4.69, 9.17) is 11.6 Å². The van der Waals surface area contributed by atoms with Crippen molar-refractivity contribution in [2.24, 2.45) is 5.41 Å². The molecule has 2 rings (SSSR count). The van der Waals surface area contributed by atoms with Gasteiger partial charge in [-0.05, 0) is 42.0 Å². The number of rotatable bonds is 3. The zero-order valence-electron chi connectivity index (χ0n) is 11.9. The molecule has 0 heterocycles. The van der Waals surface area contributed by atoms with E-state index in [1.807, 2.05) is 19.1 Å². The number of likely N-dealkylation sites (N-methyl/N-ethyl adjacent to an activating group) is 1. The van der Waals surface area contributed by atoms with Crippen LogP contribution in [0.15, 0.2) is 18.2 Å². The number of fused-ring (bicyclic) bond motifs is 1. The molecule has 1 aromatic carbocycles. The van der Waals surface area contributed by atoms with E-state index in [1.54, 1.807) is 7.05 Å². The highest BCUT2D eigenvalue weighted by molar-refractivity contribution is 6.30. The predicted molar refractivity (Wildman–Crippen MR) is 78.3 cm³/mol. The summed E-state index contributed by atoms with van der Waals surface area (Å²) in [5.41, 5.74) is 2.61. The molecule has 104 valence electrons. The summed E-state index contributed by atoms with van der Waals surface area (Å²) in [7, 11) is 1.66. The van der Waals surface area contributed by atoms with Gasteiger partial charge in [-0.3, -0.25) is 10.1 Å². The van der Waals surface area contributed by atoms with Gasteiger partial charge in [0.2, 0.25) is 5.91 Å². The number of carbonyl (C=O) groups is 1. The van der Waals surface area contributed by atoms with Crippen LogP contribution in [0.5, 0.6) is 0 Å². The summed E-state index contributed by atoms with van der Waals surface area (Å²) in [4.78, 5) is 11.7. The van der Waals surface area contributed by atoms with E-state index < -0.39 is 0 Å². The summed E-state index contributed by atoms with van der Waals surface area (Å²) in [5, 5.41) is 6.85. The first-order valence-electron chi connectivity index (χ1n) is 6.61. The maximum atomic E-state index is 11.7. The molecule has 0 fully saturated rings. The third kappa shape index (κ3) is 2.77. The SMILES string of the molecule is CNC(=O)C(C)NC1c2cc(Cl)ccc2CC1(C)C. The van der Waals surface area contributed by atoms with Gasteiger partial charge >= 0.3 is 0 Å². The van der Waals surface area contributed by atoms with Crippen molar-refractivity contribution in [3.63, 3.8) is 0 Å². The van der Waals surface area contributed by atoms with Crippen molar-refractivity contribution in [2.75, 3.05) is 7.05 Å². The molecular formula is C15H21ClN2O. The van der Waals surface area contributed by atoms with Crippen LogP contribution in [0.3, 0.4) is 0 Å². The number of amides is 1. The van der Waals surface area contributed by atoms with Crippen LogP contribution in [0.4, 0.5) is 0 Å². The Kier molecular flexibility index (Phi) is 3.88. The normalized spacial score (nSPS) is 21.8. The molecule has 0 aliphatic heterocycles. The van der Waals surface area contributed by atoms with E-state index in [2.05, 4.69) is 30.5 Å². The van der Waals surface area contributed by atoms with Crippen molar-refractivity contribution in [2.45, 2.75) is 39.3 Å². The summed E-state index contributed by atoms with van der Waals surface area (Å²) in [6, 6.07) is 5.96. The molecule has 2 unspecified atom stereocenters. The van der Waals surface area contributed by atoms with Crippen LogP contribution in [0.2, 0.25) is 5.02 Å². The largest absolute Gasteiger partial charge is 0.358 e. The van der Waals surface area contributed by atoms with Gasteiger partial charge in [0.15, 0.2) is 0 Å². The second kappa shape index (κ2) is 5.14. The quantitative estimate of drug-likeness (QED) is 0.894. The molecule has 0 radical (unpaired) electrons. The maximum absolute atomic E-state index is 11.7. The van der Waals surface area contributed by atoms with Crippen molar-refractivity contribution in [3.8, 4) is 0 Å². The molecular weight excluding hydrogens is 260 g/mol. The van der Waals surface area contributed by atoms with Crippen LogP contribution in [-0.4, -0.2) is 19.0 Å². The molecule has 1 amide bonds. The van der Waals surface area contributed by atoms with Crippen molar-refractivity contribution < 1.29 is 4.79 Å². The Bertz CT molecular complexity index is 499. The topological polar surface area (TPSA) is 41.1 Å². The summed E-state index contributed by atoms with van der Waals surface area (Å²) >= 11 is 6.10. The predicted octanol–water partition coefficient (Wildman–Crippen LogP) is 2.69. The standard InChI is InChI=1S/C15H21ClN2O/c1-9(14(19)17-4)18-13-12-7-11(16)6-5-10(12)8-15(13,2)3/h5-7,9,13,18H,8H2,1-4H3,(H,17,19). The molecule has 19 heavy (non-hydrogen) atoms. The number of hydrogen-bond donors (Lipinski definition) is 2. The van der Waals surface area contributed by atoms with Crippen molar-refractivity contribution in [1.82, 2.24) is 10.6 Å². The van der Waals surface area contributed by atoms with E-state index in [1.165, 1.54) is 11.1 Å². The molecule has 3 nitrogen and oxygen atoms in total. The van der Waals surface area contributed by atoms with Gasteiger partial charge in [-0.1, -0.05) is 31.5 Å². The minimum absolute atomic E-state index is 0.00581. The lowest BCUT2D eigenvalue weighted by molar-refractivity contribution is -0.122. The lowest BCUT2D eigenvalue weighted by Crippen LogP contribution is -2.45. The van der Waals surface area contributed by atoms with Gasteiger partial charge < -0.3 is 5.32 Å². The summed E-state index contributed by atoms with van der Waals surface area (Å²) < 4.78 is 0. The Morgan fingerprint density at radius 1 is 1.47 bits per heavy atom. The number of hydrogen-bond acceptors (Lipinski definition) is 2. The number of carbonyl (C=O) groups excluding carboxylic acids is 1. The average Bonchev–Trinajstić information content (AvgIpc) is 2.59. The zero-order valence-corrected chi connectivity index (χ0v) is 12.6. The van der Waals surface area contributed by atoms with Gasteiger partial charge in [0.25, 0.3) is 0 Å². The molecule has 2 N–H and O–H groups in total. The average molecular weight is 281 g/mol. The van der Waals surface area contributed by atoms with Gasteiger partial charge in [-0.2, -0.15) is 0 Å². The lowest BCUT2D eigenvalue weighted by atomic mass is 9.85. The van der Waals surface area contributed by atoms with Crippen LogP contribution in [0.25, 0.3) is 0 Å². The lowest BCUT2D eigenvalue weighted by Gasteiger charge is -2.31. The van der Waals surface area contributed by atoms with Crippen LogP contribution in [0.1, 0.15) is 37.9 Å². The van der Waals surface area contributed by atoms with Gasteiger partial charge in [-0.15, -0.1) is 0 Å². The van der Waals surface area contributed by atoms with Crippen LogP contribution >= 0.6 is 11.6 Å². The van der Waals surface area contributed by atoms with Gasteiger partial charge in [0, 0.05) is 18.1 Å². The van der Waals surface area contributed by atoms with Crippen LogP contribution in [0, 0.1) is 5.41 Å². The van der Waals surface area contributed by atoms with E-state index in [9.17, 15) is 4.79 Å². The highest BCUT2D eigenvalue weighted by Gasteiger charge is 2.40. The third-order valence-electron chi connectivity index (χ3n) is 3.90. The second-order valence-electron chi connectivity index (χ2n) is 5.94. The maximum Gasteiger partial charge on any atom is 0.236 e. The molecule has 1 aromatic rings. The smallest absolute Gasteiger partial charge is 0.236 e. The fourth-order valence-electron chi connectivity index (χ4n) is 2.87. The summed E-state index contributed by atoms with van der Waals surface area (Å²) in [6.07, 6.45) is 0.998. The van der Waals surface area contributed by atoms with Crippen molar-refractivity contribution >= 4 is 17.5 Å². The molecule has 0 bridgehead atoms. The Hall–Kier alpha value is -1.06. The van der Waals surface area contributed by atoms with Gasteiger partial charge in [0.1, 0.15) is 0 Å². The summed E-state index contributed by atoms with van der Waals surface area (Å²) in [6.45, 7) is 6.32. The molecule has 0 saturated heterocycles. The van der Waals surface area contributed by atoms with Crippen LogP contribution in [-0.2, 0) is 11.2 Å². The first kappa shape index (κ1) is 14.4. The minimum atomic E-state index is -0.223. The Morgan fingerprint density at radius 3 is 2.79 bits per heavy atom. The zero-order chi connectivity index (χ0) is 14.2. The molecule has 2 atom stereocenters. The number of halogens is 1. The molecule has 4 heteroatoms. The molecule has 0 saturated carbocycles. The molecule has 0 aromatic heterocycles. The summed E-state index contributed by atoms with van der Waals surface area (Å²) in [5.74, 6) is 0.00581. The van der Waals surface area contributed by atoms with Gasteiger partial charge in [-0.25, -0.2) is 0 Å². The first-order valence-corrected chi connectivity index (χ1v) is 6.99. The molecule has 1 aliphatic carbocycles. The molecule has 0 spiro atoms. The molecule has 1 aliphatic rings. The Balaban J connectivity index is 2.29. The van der Waals surface area contributed by atoms with E-state index in [0.29, 0.717) is 0 Å². The Morgan fingerprint density at radius 2 is 2.16 bits per heavy atom. The van der Waals surface area contributed by atoms with Crippen molar-refractivity contribution in [1.29, 1.82) is 0 Å². The minimum Gasteiger partial charge on any atom is -0.358 e. The monoisotopic (exact) mass is 280 g/mol. The number of benzene rings is 1. The highest BCUT2D eigenvalue weighted by Crippen LogP contribution is 2.46. The first-order chi connectivity index (χ1) is 8.85. The van der Waals surface area contributed by atoms with Crippen molar-refractivity contribution in [3.05, 3.63) is 34.3 Å². The fourth-order valence-corrected chi connectivity index (χ4v) is 3.05. The number of nitrogens with one attached hydrogen (secondary N) is 2.